The molecular weight excluding hydrogens is 236 g/mol. The Balaban J connectivity index is 1.78. The number of benzene rings is 1. The molecule has 2 bridgehead atoms. The Morgan fingerprint density at radius 1 is 1.26 bits per heavy atom. The quantitative estimate of drug-likeness (QED) is 0.866. The first-order chi connectivity index (χ1) is 9.35. The van der Waals surface area contributed by atoms with Crippen LogP contribution in [0.5, 0.6) is 0 Å². The lowest BCUT2D eigenvalue weighted by Gasteiger charge is -2.44. The summed E-state index contributed by atoms with van der Waals surface area (Å²) in [5.74, 6) is 1.52. The van der Waals surface area contributed by atoms with Gasteiger partial charge in [-0.05, 0) is 55.1 Å². The van der Waals surface area contributed by atoms with Gasteiger partial charge in [-0.15, -0.1) is 0 Å². The molecule has 3 aliphatic heterocycles. The van der Waals surface area contributed by atoms with Crippen molar-refractivity contribution >= 4 is 10.9 Å². The van der Waals surface area contributed by atoms with Crippen LogP contribution in [0.25, 0.3) is 10.9 Å². The zero-order chi connectivity index (χ0) is 12.8. The molecular formula is C16H20N2O. The fraction of sp³-hybridized carbons (Fsp3) is 0.500. The third-order valence-corrected chi connectivity index (χ3v) is 5.02. The summed E-state index contributed by atoms with van der Waals surface area (Å²) in [7, 11) is 0. The topological polar surface area (TPSA) is 39.3 Å². The van der Waals surface area contributed by atoms with Crippen molar-refractivity contribution in [3.63, 3.8) is 0 Å². The average molecular weight is 256 g/mol. The molecule has 0 radical (unpaired) electrons. The Bertz CT molecular complexity index is 596. The van der Waals surface area contributed by atoms with E-state index in [1.165, 1.54) is 48.9 Å². The molecule has 4 heterocycles. The minimum Gasteiger partial charge on any atom is -0.392 e. The van der Waals surface area contributed by atoms with Crippen LogP contribution in [0.1, 0.15) is 29.9 Å². The molecule has 2 aromatic rings. The van der Waals surface area contributed by atoms with Crippen LogP contribution in [-0.2, 0) is 6.61 Å². The second-order valence-electron chi connectivity index (χ2n) is 6.03. The highest BCUT2D eigenvalue weighted by atomic mass is 16.3. The van der Waals surface area contributed by atoms with Gasteiger partial charge in [0.2, 0.25) is 0 Å². The summed E-state index contributed by atoms with van der Waals surface area (Å²) in [6.07, 6.45) is 4.88. The van der Waals surface area contributed by atoms with E-state index < -0.39 is 0 Å². The number of aliphatic hydroxyl groups excluding tert-OH is 1. The highest BCUT2D eigenvalue weighted by Gasteiger charge is 2.35. The van der Waals surface area contributed by atoms with Crippen LogP contribution in [0.3, 0.4) is 0 Å². The van der Waals surface area contributed by atoms with E-state index in [2.05, 4.69) is 28.2 Å². The monoisotopic (exact) mass is 256 g/mol. The van der Waals surface area contributed by atoms with Crippen LogP contribution in [0.4, 0.5) is 0 Å². The smallest absolute Gasteiger partial charge is 0.0682 e. The van der Waals surface area contributed by atoms with Crippen molar-refractivity contribution in [1.82, 2.24) is 9.88 Å². The van der Waals surface area contributed by atoms with Gasteiger partial charge in [0.25, 0.3) is 0 Å². The van der Waals surface area contributed by atoms with Crippen molar-refractivity contribution in [2.75, 3.05) is 19.6 Å². The van der Waals surface area contributed by atoms with E-state index in [9.17, 15) is 5.11 Å². The van der Waals surface area contributed by atoms with Gasteiger partial charge in [0.05, 0.1) is 6.61 Å². The van der Waals surface area contributed by atoms with Crippen LogP contribution in [0.15, 0.2) is 24.4 Å². The fourth-order valence-electron chi connectivity index (χ4n) is 3.91. The number of nitrogens with zero attached hydrogens (tertiary/aromatic N) is 1. The molecule has 0 aliphatic carbocycles. The van der Waals surface area contributed by atoms with Gasteiger partial charge in [0, 0.05) is 29.6 Å². The molecule has 100 valence electrons. The molecule has 3 heteroatoms. The van der Waals surface area contributed by atoms with Gasteiger partial charge in [-0.1, -0.05) is 6.07 Å². The first-order valence-electron chi connectivity index (χ1n) is 7.28. The molecule has 2 N–H and O–H groups in total. The minimum absolute atomic E-state index is 0.126. The lowest BCUT2D eigenvalue weighted by atomic mass is 9.75. The summed E-state index contributed by atoms with van der Waals surface area (Å²) in [6.45, 7) is 3.90. The van der Waals surface area contributed by atoms with Crippen molar-refractivity contribution in [2.24, 2.45) is 5.92 Å². The van der Waals surface area contributed by atoms with E-state index in [0.717, 1.165) is 11.5 Å². The van der Waals surface area contributed by atoms with Gasteiger partial charge in [-0.3, -0.25) is 0 Å². The first-order valence-corrected chi connectivity index (χ1v) is 7.28. The summed E-state index contributed by atoms with van der Waals surface area (Å²) in [4.78, 5) is 5.99. The van der Waals surface area contributed by atoms with Crippen molar-refractivity contribution in [3.05, 3.63) is 35.5 Å². The zero-order valence-corrected chi connectivity index (χ0v) is 11.1. The number of aliphatic hydroxyl groups is 1. The number of hydrogen-bond donors (Lipinski definition) is 2. The number of fused-ring (bicyclic) bond motifs is 4. The number of rotatable bonds is 2. The van der Waals surface area contributed by atoms with Crippen molar-refractivity contribution in [3.8, 4) is 0 Å². The van der Waals surface area contributed by atoms with Gasteiger partial charge in [-0.2, -0.15) is 0 Å². The fourth-order valence-corrected chi connectivity index (χ4v) is 3.91. The normalized spacial score (nSPS) is 30.1. The average Bonchev–Trinajstić information content (AvgIpc) is 2.91. The maximum absolute atomic E-state index is 9.32. The van der Waals surface area contributed by atoms with Gasteiger partial charge < -0.3 is 15.0 Å². The minimum atomic E-state index is 0.126. The molecule has 0 saturated carbocycles. The van der Waals surface area contributed by atoms with E-state index in [1.54, 1.807) is 0 Å². The molecule has 1 atom stereocenters. The largest absolute Gasteiger partial charge is 0.392 e. The molecule has 3 nitrogen and oxygen atoms in total. The number of aromatic amines is 1. The summed E-state index contributed by atoms with van der Waals surface area (Å²) in [5, 5.41) is 10.6. The highest BCUT2D eigenvalue weighted by Crippen LogP contribution is 2.41. The molecule has 1 aromatic heterocycles. The number of nitrogens with one attached hydrogen (secondary N) is 1. The maximum Gasteiger partial charge on any atom is 0.0682 e. The van der Waals surface area contributed by atoms with Crippen LogP contribution < -0.4 is 0 Å². The maximum atomic E-state index is 9.32. The van der Waals surface area contributed by atoms with E-state index in [4.69, 9.17) is 0 Å². The molecule has 3 aliphatic rings. The van der Waals surface area contributed by atoms with Crippen molar-refractivity contribution in [1.29, 1.82) is 0 Å². The lowest BCUT2D eigenvalue weighted by molar-refractivity contribution is 0.0876. The van der Waals surface area contributed by atoms with E-state index >= 15 is 0 Å². The van der Waals surface area contributed by atoms with E-state index in [0.29, 0.717) is 5.92 Å². The van der Waals surface area contributed by atoms with Crippen molar-refractivity contribution < 1.29 is 5.11 Å². The number of aromatic nitrogens is 1. The second kappa shape index (κ2) is 4.36. The molecule has 3 saturated heterocycles. The molecule has 5 rings (SSSR count). The zero-order valence-electron chi connectivity index (χ0n) is 11.1. The summed E-state index contributed by atoms with van der Waals surface area (Å²) < 4.78 is 0. The third kappa shape index (κ3) is 1.80. The van der Waals surface area contributed by atoms with Gasteiger partial charge >= 0.3 is 0 Å². The Kier molecular flexibility index (Phi) is 2.64. The SMILES string of the molecule is OCc1ccc2[nH]cc(C3CN4CCC3CC4)c2c1. The summed E-state index contributed by atoms with van der Waals surface area (Å²) in [5.41, 5.74) is 3.66. The predicted octanol–water partition coefficient (Wildman–Crippen LogP) is 2.47. The van der Waals surface area contributed by atoms with Crippen LogP contribution in [0.2, 0.25) is 0 Å². The first kappa shape index (κ1) is 11.5. The lowest BCUT2D eigenvalue weighted by Crippen LogP contribution is -2.46. The Morgan fingerprint density at radius 2 is 2.11 bits per heavy atom. The number of H-pyrrole nitrogens is 1. The second-order valence-corrected chi connectivity index (χ2v) is 6.03. The van der Waals surface area contributed by atoms with Crippen molar-refractivity contribution in [2.45, 2.75) is 25.4 Å². The van der Waals surface area contributed by atoms with Gasteiger partial charge in [-0.25, -0.2) is 0 Å². The van der Waals surface area contributed by atoms with Gasteiger partial charge in [0.15, 0.2) is 0 Å². The van der Waals surface area contributed by atoms with E-state index in [-0.39, 0.29) is 6.61 Å². The molecule has 0 spiro atoms. The molecule has 3 fully saturated rings. The number of piperidine rings is 3. The van der Waals surface area contributed by atoms with Gasteiger partial charge in [0.1, 0.15) is 0 Å². The molecule has 1 unspecified atom stereocenters. The summed E-state index contributed by atoms with van der Waals surface area (Å²) in [6, 6.07) is 6.24. The third-order valence-electron chi connectivity index (χ3n) is 5.02. The van der Waals surface area contributed by atoms with Crippen LogP contribution >= 0.6 is 0 Å². The Morgan fingerprint density at radius 3 is 2.79 bits per heavy atom. The standard InChI is InChI=1S/C16H20N2O/c19-10-11-1-2-16-13(7-11)14(8-17-16)15-9-18-5-3-12(15)4-6-18/h1-2,7-8,12,15,17,19H,3-6,9-10H2. The molecule has 0 amide bonds. The predicted molar refractivity (Wildman–Crippen MR) is 76.1 cm³/mol. The molecule has 19 heavy (non-hydrogen) atoms. The number of hydrogen-bond acceptors (Lipinski definition) is 2. The summed E-state index contributed by atoms with van der Waals surface area (Å²) >= 11 is 0. The van der Waals surface area contributed by atoms with Crippen LogP contribution in [-0.4, -0.2) is 34.6 Å². The Hall–Kier alpha value is -1.32. The molecule has 1 aromatic carbocycles. The van der Waals surface area contributed by atoms with E-state index in [1.807, 2.05) is 6.07 Å². The van der Waals surface area contributed by atoms with Crippen LogP contribution in [0, 0.1) is 5.92 Å². The Labute approximate surface area is 113 Å². The highest BCUT2D eigenvalue weighted by molar-refractivity contribution is 5.84.